The molecule has 0 fully saturated rings. The Morgan fingerprint density at radius 3 is 2.36 bits per heavy atom. The van der Waals surface area contributed by atoms with Crippen LogP contribution in [-0.4, -0.2) is 16.2 Å². The molecule has 1 N–H and O–H groups in total. The van der Waals surface area contributed by atoms with Crippen LogP contribution in [0.3, 0.4) is 0 Å². The molecule has 1 nitrogen and oxygen atoms in total. The minimum atomic E-state index is 1.07. The standard InChI is InChI=1S/C9H18OS/c1-2-3-4-5-6-7-8-11-9-10/h9H,2-8H2,1H3/p+1. The van der Waals surface area contributed by atoms with Crippen molar-refractivity contribution in [2.45, 2.75) is 45.4 Å². The van der Waals surface area contributed by atoms with Gasteiger partial charge in [0.05, 0.1) is 0 Å². The molecule has 0 heterocycles. The van der Waals surface area contributed by atoms with Gasteiger partial charge in [-0.1, -0.05) is 39.0 Å². The summed E-state index contributed by atoms with van der Waals surface area (Å²) in [6.07, 6.45) is 7.99. The van der Waals surface area contributed by atoms with E-state index in [0.29, 0.717) is 0 Å². The van der Waals surface area contributed by atoms with Crippen molar-refractivity contribution in [3.8, 4) is 0 Å². The lowest BCUT2D eigenvalue weighted by Crippen LogP contribution is -1.81. The van der Waals surface area contributed by atoms with E-state index in [4.69, 9.17) is 4.79 Å². The van der Waals surface area contributed by atoms with Gasteiger partial charge in [-0.15, -0.1) is 0 Å². The number of rotatable bonds is 8. The van der Waals surface area contributed by atoms with Crippen molar-refractivity contribution in [1.82, 2.24) is 0 Å². The first-order valence-corrected chi connectivity index (χ1v) is 5.54. The molecule has 0 atom stereocenters. The summed E-state index contributed by atoms with van der Waals surface area (Å²) < 4.78 is 0. The third-order valence-corrected chi connectivity index (χ3v) is 2.36. The van der Waals surface area contributed by atoms with Gasteiger partial charge >= 0.3 is 5.62 Å². The number of hydrogen-bond donors (Lipinski definition) is 0. The van der Waals surface area contributed by atoms with Crippen molar-refractivity contribution in [3.63, 3.8) is 0 Å². The van der Waals surface area contributed by atoms with Gasteiger partial charge in [-0.3, -0.25) is 4.79 Å². The van der Waals surface area contributed by atoms with Crippen LogP contribution in [0.25, 0.3) is 0 Å². The fraction of sp³-hybridized carbons (Fsp3) is 0.889. The molecule has 0 bridgehead atoms. The van der Waals surface area contributed by atoms with Crippen LogP contribution in [-0.2, 0) is 0 Å². The van der Waals surface area contributed by atoms with Crippen LogP contribution >= 0.6 is 11.8 Å². The van der Waals surface area contributed by atoms with Crippen LogP contribution in [0.5, 0.6) is 0 Å². The van der Waals surface area contributed by atoms with Gasteiger partial charge in [0, 0.05) is 5.75 Å². The molecule has 0 saturated carbocycles. The Labute approximate surface area is 73.9 Å². The van der Waals surface area contributed by atoms with Crippen molar-refractivity contribution in [1.29, 1.82) is 0 Å². The second kappa shape index (κ2) is 10.0. The topological polar surface area (TPSA) is 21.4 Å². The maximum absolute atomic E-state index is 8.34. The Morgan fingerprint density at radius 2 is 1.73 bits per heavy atom. The molecular weight excluding hydrogens is 156 g/mol. The molecule has 0 aliphatic carbocycles. The van der Waals surface area contributed by atoms with E-state index < -0.39 is 0 Å². The normalized spacial score (nSPS) is 9.91. The van der Waals surface area contributed by atoms with Gasteiger partial charge in [-0.05, 0) is 18.2 Å². The third-order valence-electron chi connectivity index (χ3n) is 1.69. The van der Waals surface area contributed by atoms with E-state index in [1.54, 1.807) is 0 Å². The highest BCUT2D eigenvalue weighted by Gasteiger charge is 1.90. The molecule has 66 valence electrons. The molecule has 0 aromatic rings. The van der Waals surface area contributed by atoms with Crippen LogP contribution in [0.2, 0.25) is 0 Å². The monoisotopic (exact) mass is 175 g/mol. The molecular formula is C9H19OS+. The molecule has 0 rings (SSSR count). The quantitative estimate of drug-likeness (QED) is 0.315. The predicted molar refractivity (Wildman–Crippen MR) is 53.8 cm³/mol. The average Bonchev–Trinajstić information content (AvgIpc) is 2.03. The second-order valence-electron chi connectivity index (χ2n) is 2.74. The van der Waals surface area contributed by atoms with Gasteiger partial charge in [0.15, 0.2) is 0 Å². The first-order chi connectivity index (χ1) is 5.41. The highest BCUT2D eigenvalue weighted by atomic mass is 32.2. The minimum Gasteiger partial charge on any atom is -0.275 e. The molecule has 2 heteroatoms. The molecule has 0 spiro atoms. The summed E-state index contributed by atoms with van der Waals surface area (Å²) in [5, 5.41) is 0. The molecule has 0 aliphatic rings. The first kappa shape index (κ1) is 11.0. The summed E-state index contributed by atoms with van der Waals surface area (Å²) in [7, 11) is 0. The second-order valence-corrected chi connectivity index (χ2v) is 3.70. The lowest BCUT2D eigenvalue weighted by molar-refractivity contribution is 0.627. The van der Waals surface area contributed by atoms with Gasteiger partial charge in [-0.25, -0.2) is 0 Å². The number of unbranched alkanes of at least 4 members (excludes halogenated alkanes) is 5. The predicted octanol–water partition coefficient (Wildman–Crippen LogP) is 3.21. The van der Waals surface area contributed by atoms with Crippen LogP contribution in [0.15, 0.2) is 0 Å². The highest BCUT2D eigenvalue weighted by Crippen LogP contribution is 2.07. The van der Waals surface area contributed by atoms with E-state index in [1.165, 1.54) is 55.9 Å². The van der Waals surface area contributed by atoms with E-state index in [-0.39, 0.29) is 0 Å². The van der Waals surface area contributed by atoms with E-state index in [0.717, 1.165) is 5.75 Å². The van der Waals surface area contributed by atoms with Gasteiger partial charge in [0.25, 0.3) is 0 Å². The molecule has 0 saturated heterocycles. The summed E-state index contributed by atoms with van der Waals surface area (Å²) >= 11 is 1.50. The Kier molecular flexibility index (Phi) is 10.0. The fourth-order valence-electron chi connectivity index (χ4n) is 1.02. The third kappa shape index (κ3) is 10.0. The summed E-state index contributed by atoms with van der Waals surface area (Å²) in [5.41, 5.74) is 1.19. The van der Waals surface area contributed by atoms with Crippen molar-refractivity contribution in [2.24, 2.45) is 0 Å². The van der Waals surface area contributed by atoms with Crippen molar-refractivity contribution in [2.75, 3.05) is 5.75 Å². The molecule has 0 radical (unpaired) electrons. The van der Waals surface area contributed by atoms with E-state index in [9.17, 15) is 0 Å². The summed E-state index contributed by atoms with van der Waals surface area (Å²) in [5.74, 6) is 1.07. The molecule has 0 aliphatic heterocycles. The maximum atomic E-state index is 8.34. The SMILES string of the molecule is CCCCCCCCSC=[OH+]. The Hall–Kier alpha value is 0.0200. The Balaban J connectivity index is 2.74. The zero-order chi connectivity index (χ0) is 8.36. The van der Waals surface area contributed by atoms with Crippen LogP contribution < -0.4 is 0 Å². The Bertz CT molecular complexity index is 83.6. The lowest BCUT2D eigenvalue weighted by Gasteiger charge is -1.96. The van der Waals surface area contributed by atoms with Gasteiger partial charge in [0.2, 0.25) is 0 Å². The van der Waals surface area contributed by atoms with E-state index >= 15 is 0 Å². The minimum absolute atomic E-state index is 1.07. The van der Waals surface area contributed by atoms with Crippen molar-refractivity contribution < 1.29 is 4.79 Å². The van der Waals surface area contributed by atoms with Crippen LogP contribution in [0.1, 0.15) is 45.4 Å². The van der Waals surface area contributed by atoms with Crippen molar-refractivity contribution >= 4 is 17.4 Å². The number of hydrogen-bond acceptors (Lipinski definition) is 1. The van der Waals surface area contributed by atoms with Crippen LogP contribution in [0, 0.1) is 0 Å². The average molecular weight is 175 g/mol. The molecule has 0 aromatic carbocycles. The number of carbonyl (C=O) groups excluding carboxylic acids is 1. The smallest absolute Gasteiger partial charge is 0.275 e. The largest absolute Gasteiger partial charge is 0.339 e. The van der Waals surface area contributed by atoms with Gasteiger partial charge < -0.3 is 0 Å². The molecule has 0 aromatic heterocycles. The Morgan fingerprint density at radius 1 is 1.09 bits per heavy atom. The summed E-state index contributed by atoms with van der Waals surface area (Å²) in [4.78, 5) is 8.34. The highest BCUT2D eigenvalue weighted by molar-refractivity contribution is 8.11. The van der Waals surface area contributed by atoms with Gasteiger partial charge in [0.1, 0.15) is 0 Å². The van der Waals surface area contributed by atoms with E-state index in [1.807, 2.05) is 0 Å². The molecule has 11 heavy (non-hydrogen) atoms. The summed E-state index contributed by atoms with van der Waals surface area (Å²) in [6.45, 7) is 2.23. The molecule has 0 amide bonds. The lowest BCUT2D eigenvalue weighted by atomic mass is 10.1. The summed E-state index contributed by atoms with van der Waals surface area (Å²) in [6, 6.07) is 0. The number of thioether (sulfide) groups is 1. The fourth-order valence-corrected chi connectivity index (χ4v) is 1.49. The van der Waals surface area contributed by atoms with Crippen LogP contribution in [0.4, 0.5) is 0 Å². The maximum Gasteiger partial charge on any atom is 0.339 e. The zero-order valence-electron chi connectivity index (χ0n) is 7.38. The van der Waals surface area contributed by atoms with Crippen molar-refractivity contribution in [3.05, 3.63) is 0 Å². The van der Waals surface area contributed by atoms with E-state index in [2.05, 4.69) is 6.92 Å². The first-order valence-electron chi connectivity index (χ1n) is 4.49. The van der Waals surface area contributed by atoms with Gasteiger partial charge in [-0.2, -0.15) is 0 Å². The molecule has 0 unspecified atom stereocenters. The zero-order valence-corrected chi connectivity index (χ0v) is 8.20.